The number of fused-ring (bicyclic) bond motifs is 1. The molecule has 0 radical (unpaired) electrons. The van der Waals surface area contributed by atoms with Gasteiger partial charge in [-0.05, 0) is 62.2 Å². The van der Waals surface area contributed by atoms with Gasteiger partial charge >= 0.3 is 0 Å². The number of aromatic nitrogens is 1. The summed E-state index contributed by atoms with van der Waals surface area (Å²) in [5.41, 5.74) is 1.70. The summed E-state index contributed by atoms with van der Waals surface area (Å²) in [6.45, 7) is 3.69. The van der Waals surface area contributed by atoms with Crippen molar-refractivity contribution < 1.29 is 22.3 Å². The highest BCUT2D eigenvalue weighted by Crippen LogP contribution is 2.63. The predicted molar refractivity (Wildman–Crippen MR) is 135 cm³/mol. The molecule has 4 aromatic rings. The van der Waals surface area contributed by atoms with Crippen molar-refractivity contribution in [3.05, 3.63) is 101 Å². The number of amides is 1. The number of benzene rings is 3. The van der Waals surface area contributed by atoms with Gasteiger partial charge < -0.3 is 4.74 Å². The van der Waals surface area contributed by atoms with Crippen LogP contribution in [0, 0.1) is 19.7 Å². The number of hydrogen-bond acceptors (Lipinski definition) is 5. The van der Waals surface area contributed by atoms with Crippen LogP contribution in [0.4, 0.5) is 4.39 Å². The molecule has 1 aromatic heterocycles. The van der Waals surface area contributed by atoms with Gasteiger partial charge in [-0.3, -0.25) is 9.78 Å². The van der Waals surface area contributed by atoms with Crippen LogP contribution < -0.4 is 9.46 Å². The largest absolute Gasteiger partial charge is 0.496 e. The Hall–Kier alpha value is -3.78. The molecule has 1 aliphatic carbocycles. The molecule has 0 bridgehead atoms. The van der Waals surface area contributed by atoms with E-state index in [1.54, 1.807) is 54.6 Å². The first kappa shape index (κ1) is 23.9. The van der Waals surface area contributed by atoms with E-state index in [-0.39, 0.29) is 11.3 Å². The summed E-state index contributed by atoms with van der Waals surface area (Å²) in [6, 6.07) is 19.8. The van der Waals surface area contributed by atoms with Crippen LogP contribution in [-0.2, 0) is 20.2 Å². The molecule has 2 atom stereocenters. The second-order valence-electron chi connectivity index (χ2n) is 9.16. The van der Waals surface area contributed by atoms with Crippen molar-refractivity contribution in [3.63, 3.8) is 0 Å². The lowest BCUT2D eigenvalue weighted by molar-refractivity contribution is -0.122. The highest BCUT2D eigenvalue weighted by molar-refractivity contribution is 7.90. The number of carbonyl (C=O) groups is 1. The summed E-state index contributed by atoms with van der Waals surface area (Å²) in [7, 11) is -2.78. The minimum atomic E-state index is -4.27. The van der Waals surface area contributed by atoms with Gasteiger partial charge in [-0.2, -0.15) is 0 Å². The number of nitrogens with zero attached hydrogens (tertiary/aromatic N) is 1. The van der Waals surface area contributed by atoms with Crippen molar-refractivity contribution in [1.82, 2.24) is 9.71 Å². The maximum Gasteiger partial charge on any atom is 0.264 e. The second kappa shape index (κ2) is 8.71. The van der Waals surface area contributed by atoms with Crippen LogP contribution in [0.2, 0.25) is 0 Å². The Labute approximate surface area is 209 Å². The van der Waals surface area contributed by atoms with Crippen LogP contribution in [0.25, 0.3) is 10.9 Å². The third kappa shape index (κ3) is 3.91. The molecule has 0 spiro atoms. The average molecular weight is 505 g/mol. The molecule has 184 valence electrons. The van der Waals surface area contributed by atoms with E-state index in [0.29, 0.717) is 27.8 Å². The molecule has 5 rings (SSSR count). The smallest absolute Gasteiger partial charge is 0.264 e. The van der Waals surface area contributed by atoms with Crippen LogP contribution in [0.1, 0.15) is 34.7 Å². The first-order valence-electron chi connectivity index (χ1n) is 11.5. The number of nitrogens with one attached hydrogen (secondary N) is 1. The SMILES string of the molecule is COc1ccc(C)cc1[C@@]1(C(=O)NS(=O)(=O)c2cccc3nc(C)ccc23)C[C@H]1c1ccccc1F. The number of aryl methyl sites for hydroxylation is 2. The Kier molecular flexibility index (Phi) is 5.79. The molecule has 1 fully saturated rings. The maximum atomic E-state index is 14.8. The van der Waals surface area contributed by atoms with Gasteiger partial charge in [0.2, 0.25) is 5.91 Å². The second-order valence-corrected chi connectivity index (χ2v) is 10.8. The van der Waals surface area contributed by atoms with Gasteiger partial charge in [-0.15, -0.1) is 0 Å². The standard InChI is InChI=1S/C28H25FN2O4S/c1-17-11-14-25(35-3)21(15-17)28(16-22(28)19-7-4-5-8-23(19)29)27(32)31-36(33,34)26-10-6-9-24-20(26)13-12-18(2)30-24/h4-15,22H,16H2,1-3H3,(H,31,32)/t22-,28-/m0/s1. The van der Waals surface area contributed by atoms with E-state index in [1.807, 2.05) is 19.9 Å². The fourth-order valence-corrected chi connectivity index (χ4v) is 6.22. The predicted octanol–water partition coefficient (Wildman–Crippen LogP) is 4.93. The van der Waals surface area contributed by atoms with Gasteiger partial charge in [-0.25, -0.2) is 17.5 Å². The summed E-state index contributed by atoms with van der Waals surface area (Å²) >= 11 is 0. The monoisotopic (exact) mass is 504 g/mol. The van der Waals surface area contributed by atoms with Crippen molar-refractivity contribution in [2.24, 2.45) is 0 Å². The molecule has 1 aliphatic rings. The molecule has 8 heteroatoms. The molecule has 6 nitrogen and oxygen atoms in total. The molecule has 1 N–H and O–H groups in total. The summed E-state index contributed by atoms with van der Waals surface area (Å²) in [5, 5.41) is 0.409. The molecule has 3 aromatic carbocycles. The van der Waals surface area contributed by atoms with Gasteiger partial charge in [0.25, 0.3) is 10.0 Å². The summed E-state index contributed by atoms with van der Waals surface area (Å²) < 4.78 is 49.7. The minimum absolute atomic E-state index is 0.0460. The fourth-order valence-electron chi connectivity index (χ4n) is 4.97. The molecule has 1 saturated carbocycles. The molecule has 0 unspecified atom stereocenters. The van der Waals surface area contributed by atoms with E-state index >= 15 is 0 Å². The number of methoxy groups -OCH3 is 1. The van der Waals surface area contributed by atoms with Gasteiger partial charge in [0, 0.05) is 22.6 Å². The van der Waals surface area contributed by atoms with Crippen molar-refractivity contribution in [2.45, 2.75) is 36.5 Å². The summed E-state index contributed by atoms with van der Waals surface area (Å²) in [5.74, 6) is -1.28. The molecule has 1 amide bonds. The molecule has 36 heavy (non-hydrogen) atoms. The topological polar surface area (TPSA) is 85.4 Å². The zero-order chi connectivity index (χ0) is 25.7. The first-order valence-corrected chi connectivity index (χ1v) is 13.0. The highest BCUT2D eigenvalue weighted by atomic mass is 32.2. The normalized spacial score (nSPS) is 19.2. The van der Waals surface area contributed by atoms with Crippen molar-refractivity contribution in [2.75, 3.05) is 7.11 Å². The lowest BCUT2D eigenvalue weighted by Crippen LogP contribution is -2.40. The van der Waals surface area contributed by atoms with E-state index in [2.05, 4.69) is 9.71 Å². The molecule has 1 heterocycles. The van der Waals surface area contributed by atoms with Gasteiger partial charge in [0.15, 0.2) is 0 Å². The number of halogens is 1. The fraction of sp³-hybridized carbons (Fsp3) is 0.214. The van der Waals surface area contributed by atoms with Crippen molar-refractivity contribution >= 4 is 26.8 Å². The lowest BCUT2D eigenvalue weighted by atomic mass is 9.88. The molecular weight excluding hydrogens is 479 g/mol. The van der Waals surface area contributed by atoms with Gasteiger partial charge in [0.1, 0.15) is 11.6 Å². The minimum Gasteiger partial charge on any atom is -0.496 e. The number of sulfonamides is 1. The molecule has 0 aliphatic heterocycles. The summed E-state index contributed by atoms with van der Waals surface area (Å²) in [4.78, 5) is 18.2. The van der Waals surface area contributed by atoms with E-state index in [9.17, 15) is 17.6 Å². The highest BCUT2D eigenvalue weighted by Gasteiger charge is 2.64. The van der Waals surface area contributed by atoms with Gasteiger partial charge in [-0.1, -0.05) is 42.0 Å². The average Bonchev–Trinajstić information content (AvgIpc) is 3.60. The Morgan fingerprint density at radius 3 is 2.58 bits per heavy atom. The summed E-state index contributed by atoms with van der Waals surface area (Å²) in [6.07, 6.45) is 0.241. The zero-order valence-electron chi connectivity index (χ0n) is 20.1. The van der Waals surface area contributed by atoms with Crippen molar-refractivity contribution in [1.29, 1.82) is 0 Å². The Bertz CT molecular complexity index is 1620. The number of carbonyl (C=O) groups excluding carboxylic acids is 1. The first-order chi connectivity index (χ1) is 17.2. The Morgan fingerprint density at radius 1 is 1.06 bits per heavy atom. The van der Waals surface area contributed by atoms with Crippen LogP contribution >= 0.6 is 0 Å². The van der Waals surface area contributed by atoms with Crippen LogP contribution in [-0.4, -0.2) is 26.4 Å². The number of hydrogen-bond donors (Lipinski definition) is 1. The quantitative estimate of drug-likeness (QED) is 0.403. The van der Waals surface area contributed by atoms with E-state index in [1.165, 1.54) is 19.2 Å². The van der Waals surface area contributed by atoms with Crippen LogP contribution in [0.5, 0.6) is 5.75 Å². The lowest BCUT2D eigenvalue weighted by Gasteiger charge is -2.22. The Balaban J connectivity index is 1.61. The number of ether oxygens (including phenoxy) is 1. The molecule has 0 saturated heterocycles. The van der Waals surface area contributed by atoms with Crippen LogP contribution in [0.3, 0.4) is 0 Å². The zero-order valence-corrected chi connectivity index (χ0v) is 20.9. The van der Waals surface area contributed by atoms with E-state index in [0.717, 1.165) is 11.3 Å². The third-order valence-corrected chi connectivity index (χ3v) is 8.22. The third-order valence-electron chi connectivity index (χ3n) is 6.83. The number of pyridine rings is 1. The maximum absolute atomic E-state index is 14.8. The van der Waals surface area contributed by atoms with E-state index in [4.69, 9.17) is 4.74 Å². The van der Waals surface area contributed by atoms with Gasteiger partial charge in [0.05, 0.1) is 22.9 Å². The Morgan fingerprint density at radius 2 is 1.83 bits per heavy atom. The molecular formula is C28H25FN2O4S. The van der Waals surface area contributed by atoms with Crippen molar-refractivity contribution in [3.8, 4) is 5.75 Å². The van der Waals surface area contributed by atoms with E-state index < -0.39 is 33.1 Å². The van der Waals surface area contributed by atoms with Crippen LogP contribution in [0.15, 0.2) is 77.7 Å². The number of rotatable bonds is 6.